The summed E-state index contributed by atoms with van der Waals surface area (Å²) in [5, 5.41) is 31.0. The number of piperidine rings is 1. The van der Waals surface area contributed by atoms with E-state index in [9.17, 15) is 24.6 Å². The van der Waals surface area contributed by atoms with Crippen molar-refractivity contribution in [3.63, 3.8) is 0 Å². The Labute approximate surface area is 327 Å². The summed E-state index contributed by atoms with van der Waals surface area (Å²) in [6.07, 6.45) is 5.62. The van der Waals surface area contributed by atoms with Crippen LogP contribution >= 0.6 is 0 Å². The number of benzene rings is 4. The van der Waals surface area contributed by atoms with Crippen LogP contribution in [0.15, 0.2) is 108 Å². The Morgan fingerprint density at radius 3 is 2.34 bits per heavy atom. The van der Waals surface area contributed by atoms with Gasteiger partial charge in [-0.25, -0.2) is 4.79 Å². The van der Waals surface area contributed by atoms with Gasteiger partial charge in [0.15, 0.2) is 0 Å². The smallest absolute Gasteiger partial charge is 0.411 e. The zero-order valence-corrected chi connectivity index (χ0v) is 31.6. The second kappa shape index (κ2) is 18.4. The van der Waals surface area contributed by atoms with E-state index in [2.05, 4.69) is 25.8 Å². The molecule has 1 saturated carbocycles. The number of phenolic OH excluding ortho intramolecular Hbond substituents is 1. The van der Waals surface area contributed by atoms with Crippen LogP contribution in [-0.4, -0.2) is 70.4 Å². The molecule has 1 aliphatic carbocycles. The maximum Gasteiger partial charge on any atom is 0.411 e. The number of H-pyrrole nitrogens is 1. The Hall–Kier alpha value is -5.49. The average Bonchev–Trinajstić information content (AvgIpc) is 3.22. The maximum atomic E-state index is 13.1. The second-order valence-corrected chi connectivity index (χ2v) is 15.1. The molecule has 2 fully saturated rings. The average molecular weight is 758 g/mol. The third kappa shape index (κ3) is 10.0. The molecule has 292 valence electrons. The molecule has 1 aromatic heterocycles. The predicted octanol–water partition coefficient (Wildman–Crippen LogP) is 7.12. The summed E-state index contributed by atoms with van der Waals surface area (Å²) in [7, 11) is 0. The van der Waals surface area contributed by atoms with Crippen molar-refractivity contribution in [2.45, 2.75) is 69.7 Å². The summed E-state index contributed by atoms with van der Waals surface area (Å²) in [6, 6.07) is 31.6. The van der Waals surface area contributed by atoms with Crippen LogP contribution in [0.2, 0.25) is 0 Å². The highest BCUT2D eigenvalue weighted by molar-refractivity contribution is 5.94. The molecule has 1 atom stereocenters. The summed E-state index contributed by atoms with van der Waals surface area (Å²) in [5.74, 6) is 0.547. The van der Waals surface area contributed by atoms with Crippen LogP contribution in [0.3, 0.4) is 0 Å². The summed E-state index contributed by atoms with van der Waals surface area (Å²) in [4.78, 5) is 42.7. The number of aromatic amines is 1. The fourth-order valence-corrected chi connectivity index (χ4v) is 8.02. The van der Waals surface area contributed by atoms with Gasteiger partial charge in [0.2, 0.25) is 5.56 Å². The number of aliphatic hydroxyl groups is 1. The van der Waals surface area contributed by atoms with Crippen LogP contribution in [-0.2, 0) is 11.3 Å². The van der Waals surface area contributed by atoms with E-state index in [0.717, 1.165) is 87.0 Å². The predicted molar refractivity (Wildman–Crippen MR) is 219 cm³/mol. The Morgan fingerprint density at radius 2 is 1.57 bits per heavy atom. The number of phenols is 1. The topological polar surface area (TPSA) is 156 Å². The van der Waals surface area contributed by atoms with E-state index in [0.29, 0.717) is 34.5 Å². The van der Waals surface area contributed by atoms with Gasteiger partial charge in [-0.05, 0) is 104 Å². The fourth-order valence-electron chi connectivity index (χ4n) is 8.02. The van der Waals surface area contributed by atoms with Crippen LogP contribution in [0, 0.1) is 5.92 Å². The summed E-state index contributed by atoms with van der Waals surface area (Å²) < 4.78 is 5.83. The minimum Gasteiger partial charge on any atom is -0.506 e. The van der Waals surface area contributed by atoms with Gasteiger partial charge in [-0.15, -0.1) is 0 Å². The van der Waals surface area contributed by atoms with Crippen LogP contribution in [0.25, 0.3) is 22.0 Å². The summed E-state index contributed by atoms with van der Waals surface area (Å²) in [5.41, 5.74) is 4.95. The molecule has 5 aromatic rings. The third-order valence-corrected chi connectivity index (χ3v) is 11.2. The second-order valence-electron chi connectivity index (χ2n) is 15.1. The van der Waals surface area contributed by atoms with Crippen molar-refractivity contribution >= 4 is 28.6 Å². The van der Waals surface area contributed by atoms with Crippen molar-refractivity contribution in [2.75, 3.05) is 31.5 Å². The van der Waals surface area contributed by atoms with Crippen molar-refractivity contribution < 1.29 is 24.5 Å². The van der Waals surface area contributed by atoms with Crippen molar-refractivity contribution in [1.29, 1.82) is 0 Å². The molecule has 6 N–H and O–H groups in total. The lowest BCUT2D eigenvalue weighted by Gasteiger charge is -2.34. The number of carbonyl (C=O) groups excluding carboxylic acids is 2. The highest BCUT2D eigenvalue weighted by Crippen LogP contribution is 2.31. The van der Waals surface area contributed by atoms with Gasteiger partial charge in [0.1, 0.15) is 11.9 Å². The van der Waals surface area contributed by atoms with Crippen LogP contribution in [0.1, 0.15) is 72.5 Å². The number of nitrogens with one attached hydrogen (secondary N) is 4. The number of ether oxygens (including phenoxy) is 1. The number of carbonyl (C=O) groups is 2. The molecule has 7 rings (SSSR count). The molecule has 4 aromatic carbocycles. The highest BCUT2D eigenvalue weighted by atomic mass is 16.6. The lowest BCUT2D eigenvalue weighted by Crippen LogP contribution is -2.40. The molecule has 2 amide bonds. The Bertz CT molecular complexity index is 2140. The van der Waals surface area contributed by atoms with Gasteiger partial charge < -0.3 is 35.5 Å². The standard InChI is InChI=1S/C45H51N5O6/c51-40-20-18-37(38-19-21-42(53)49-43(38)40)41(52)29-46-28-31-10-14-33(15-11-31)44(54)47-34-16-12-30(13-17-34)22-25-50-26-23-35(24-27-50)56-45(55)48-39-9-5-4-8-36(39)32-6-2-1-3-7-32/h1-11,14-15,18-21,30,34-35,41,46,51-52H,12-13,16-17,22-29H2,(H,47,54)(H,48,55)(H,49,53)/t30?,34?,41-/m1/s1. The molecule has 0 bridgehead atoms. The van der Waals surface area contributed by atoms with E-state index in [4.69, 9.17) is 4.74 Å². The van der Waals surface area contributed by atoms with Crippen molar-refractivity contribution in [2.24, 2.45) is 5.92 Å². The molecule has 1 aliphatic heterocycles. The minimum absolute atomic E-state index is 0.0451. The van der Waals surface area contributed by atoms with Gasteiger partial charge in [-0.1, -0.05) is 66.7 Å². The summed E-state index contributed by atoms with van der Waals surface area (Å²) >= 11 is 0. The number of pyridine rings is 1. The van der Waals surface area contributed by atoms with E-state index >= 15 is 0 Å². The molecular formula is C45H51N5O6. The van der Waals surface area contributed by atoms with Crippen LogP contribution < -0.4 is 21.5 Å². The van der Waals surface area contributed by atoms with Gasteiger partial charge in [0.25, 0.3) is 5.91 Å². The number of aromatic nitrogens is 1. The number of para-hydroxylation sites is 1. The van der Waals surface area contributed by atoms with E-state index in [-0.39, 0.29) is 35.9 Å². The Kier molecular flexibility index (Phi) is 12.8. The molecule has 56 heavy (non-hydrogen) atoms. The quantitative estimate of drug-likeness (QED) is 0.0742. The molecule has 0 unspecified atom stereocenters. The number of rotatable bonds is 13. The molecule has 2 heterocycles. The van der Waals surface area contributed by atoms with Gasteiger partial charge in [-0.2, -0.15) is 0 Å². The van der Waals surface area contributed by atoms with E-state index < -0.39 is 12.2 Å². The first-order chi connectivity index (χ1) is 27.3. The number of hydrogen-bond donors (Lipinski definition) is 6. The molecule has 1 saturated heterocycles. The first kappa shape index (κ1) is 38.8. The van der Waals surface area contributed by atoms with Crippen molar-refractivity contribution in [1.82, 2.24) is 20.5 Å². The monoisotopic (exact) mass is 757 g/mol. The Morgan fingerprint density at radius 1 is 0.839 bits per heavy atom. The van der Waals surface area contributed by atoms with Gasteiger partial charge in [-0.3, -0.25) is 14.9 Å². The molecule has 11 heteroatoms. The van der Waals surface area contributed by atoms with Crippen molar-refractivity contribution in [3.8, 4) is 16.9 Å². The maximum absolute atomic E-state index is 13.1. The van der Waals surface area contributed by atoms with E-state index in [1.54, 1.807) is 12.1 Å². The number of likely N-dealkylation sites (tertiary alicyclic amines) is 1. The number of aliphatic hydroxyl groups excluding tert-OH is 1. The molecule has 0 spiro atoms. The number of hydrogen-bond acceptors (Lipinski definition) is 8. The number of nitrogens with zero attached hydrogens (tertiary/aromatic N) is 1. The van der Waals surface area contributed by atoms with Gasteiger partial charge >= 0.3 is 6.09 Å². The molecule has 11 nitrogen and oxygen atoms in total. The van der Waals surface area contributed by atoms with E-state index in [1.165, 1.54) is 12.1 Å². The zero-order valence-electron chi connectivity index (χ0n) is 31.6. The Balaban J connectivity index is 0.772. The van der Waals surface area contributed by atoms with Crippen LogP contribution in [0.4, 0.5) is 10.5 Å². The third-order valence-electron chi connectivity index (χ3n) is 11.2. The van der Waals surface area contributed by atoms with Crippen LogP contribution in [0.5, 0.6) is 5.75 Å². The molecule has 2 aliphatic rings. The molecule has 0 radical (unpaired) electrons. The number of anilines is 1. The normalized spacial score (nSPS) is 18.3. The largest absolute Gasteiger partial charge is 0.506 e. The first-order valence-corrected chi connectivity index (χ1v) is 19.8. The minimum atomic E-state index is -0.848. The van der Waals surface area contributed by atoms with E-state index in [1.807, 2.05) is 78.9 Å². The lowest BCUT2D eigenvalue weighted by molar-refractivity contribution is 0.0563. The number of amides is 2. The summed E-state index contributed by atoms with van der Waals surface area (Å²) in [6.45, 7) is 3.65. The fraction of sp³-hybridized carbons (Fsp3) is 0.356. The van der Waals surface area contributed by atoms with Gasteiger partial charge in [0.05, 0.1) is 17.3 Å². The SMILES string of the molecule is O=C(Nc1ccccc1-c1ccccc1)OC1CCN(CCC2CCC(NC(=O)c3ccc(CNC[C@@H](O)c4ccc(O)c5[nH]c(=O)ccc45)cc3)CC2)CC1. The first-order valence-electron chi connectivity index (χ1n) is 19.8. The lowest BCUT2D eigenvalue weighted by atomic mass is 9.84. The zero-order chi connectivity index (χ0) is 38.9. The number of fused-ring (bicyclic) bond motifs is 1. The highest BCUT2D eigenvalue weighted by Gasteiger charge is 2.26. The van der Waals surface area contributed by atoms with Crippen molar-refractivity contribution in [3.05, 3.63) is 130 Å². The number of aromatic hydroxyl groups is 1. The molecular weight excluding hydrogens is 707 g/mol. The van der Waals surface area contributed by atoms with Gasteiger partial charge in [0, 0.05) is 54.8 Å².